The number of hydrogen-bond acceptors (Lipinski definition) is 6. The molecule has 7 nitrogen and oxygen atoms in total. The Kier molecular flexibility index (Phi) is 6.78. The van der Waals surface area contributed by atoms with Gasteiger partial charge in [-0.15, -0.1) is 0 Å². The topological polar surface area (TPSA) is 87.0 Å². The number of carbonyl (C=O) groups excluding carboxylic acids is 1. The molecule has 0 spiro atoms. The molecule has 0 bridgehead atoms. The number of ether oxygens (including phenoxy) is 3. The molecule has 35 heavy (non-hydrogen) atoms. The molecule has 0 aliphatic rings. The molecule has 0 aliphatic carbocycles. The van der Waals surface area contributed by atoms with Gasteiger partial charge < -0.3 is 23.9 Å². The fourth-order valence-corrected chi connectivity index (χ4v) is 3.86. The van der Waals surface area contributed by atoms with Crippen molar-refractivity contribution in [1.29, 1.82) is 0 Å². The average molecular weight is 474 g/mol. The number of nitrogens with one attached hydrogen (secondary N) is 1. The molecule has 0 radical (unpaired) electrons. The first-order valence-electron chi connectivity index (χ1n) is 11.1. The lowest BCUT2D eigenvalue weighted by Crippen LogP contribution is -2.23. The van der Waals surface area contributed by atoms with E-state index in [0.717, 1.165) is 16.7 Å². The van der Waals surface area contributed by atoms with Crippen LogP contribution in [0.3, 0.4) is 0 Å². The fraction of sp³-hybridized carbons (Fsp3) is 0.214. The molecule has 0 fully saturated rings. The van der Waals surface area contributed by atoms with Gasteiger partial charge >= 0.3 is 0 Å². The van der Waals surface area contributed by atoms with Crippen molar-refractivity contribution >= 4 is 22.6 Å². The Morgan fingerprint density at radius 2 is 1.60 bits per heavy atom. The van der Waals surface area contributed by atoms with E-state index < -0.39 is 5.91 Å². The van der Waals surface area contributed by atoms with Crippen LogP contribution in [0.2, 0.25) is 0 Å². The normalized spacial score (nSPS) is 10.8. The second-order valence-corrected chi connectivity index (χ2v) is 8.31. The highest BCUT2D eigenvalue weighted by Crippen LogP contribution is 2.36. The standard InChI is InChI=1S/C28H27NO6/c1-16-7-10-21(18(3)12-16)29-25(30)15-34-28-26(31)20-9-6-17(2)13-23(20)35-27(28)19-8-11-22(32-4)24(14-19)33-5/h6-14H,15H2,1-5H3,(H,29,30). The zero-order valence-electron chi connectivity index (χ0n) is 20.4. The van der Waals surface area contributed by atoms with Crippen molar-refractivity contribution in [2.75, 3.05) is 26.1 Å². The highest BCUT2D eigenvalue weighted by molar-refractivity contribution is 5.93. The van der Waals surface area contributed by atoms with Crippen molar-refractivity contribution in [3.05, 3.63) is 81.5 Å². The molecule has 1 amide bonds. The summed E-state index contributed by atoms with van der Waals surface area (Å²) in [5, 5.41) is 3.20. The van der Waals surface area contributed by atoms with E-state index >= 15 is 0 Å². The minimum absolute atomic E-state index is 0.0515. The molecule has 0 saturated heterocycles. The molecule has 0 aliphatic heterocycles. The van der Waals surface area contributed by atoms with E-state index in [9.17, 15) is 9.59 Å². The summed E-state index contributed by atoms with van der Waals surface area (Å²) in [6.07, 6.45) is 0. The molecule has 1 aromatic heterocycles. The van der Waals surface area contributed by atoms with Crippen molar-refractivity contribution in [2.24, 2.45) is 0 Å². The van der Waals surface area contributed by atoms with Crippen molar-refractivity contribution in [2.45, 2.75) is 20.8 Å². The first-order chi connectivity index (χ1) is 16.8. The second-order valence-electron chi connectivity index (χ2n) is 8.31. The number of aryl methyl sites for hydroxylation is 3. The second kappa shape index (κ2) is 9.93. The number of amides is 1. The van der Waals surface area contributed by atoms with Crippen LogP contribution in [0.15, 0.2) is 63.8 Å². The number of methoxy groups -OCH3 is 2. The van der Waals surface area contributed by atoms with E-state index in [1.54, 1.807) is 37.4 Å². The number of carbonyl (C=O) groups is 1. The third kappa shape index (κ3) is 4.99. The molecule has 4 aromatic rings. The summed E-state index contributed by atoms with van der Waals surface area (Å²) in [6.45, 7) is 5.45. The minimum atomic E-state index is -0.390. The van der Waals surface area contributed by atoms with Gasteiger partial charge in [-0.2, -0.15) is 0 Å². The minimum Gasteiger partial charge on any atom is -0.493 e. The highest BCUT2D eigenvalue weighted by Gasteiger charge is 2.20. The van der Waals surface area contributed by atoms with E-state index in [1.165, 1.54) is 7.11 Å². The predicted molar refractivity (Wildman–Crippen MR) is 136 cm³/mol. The van der Waals surface area contributed by atoms with E-state index in [2.05, 4.69) is 5.32 Å². The van der Waals surface area contributed by atoms with Crippen molar-refractivity contribution in [1.82, 2.24) is 0 Å². The number of anilines is 1. The quantitative estimate of drug-likeness (QED) is 0.386. The SMILES string of the molecule is COc1ccc(-c2oc3cc(C)ccc3c(=O)c2OCC(=O)Nc2ccc(C)cc2C)cc1OC. The zero-order chi connectivity index (χ0) is 25.1. The van der Waals surface area contributed by atoms with E-state index in [-0.39, 0.29) is 23.5 Å². The molecule has 0 unspecified atom stereocenters. The number of rotatable bonds is 7. The van der Waals surface area contributed by atoms with Gasteiger partial charge in [0.1, 0.15) is 5.58 Å². The van der Waals surface area contributed by atoms with Crippen molar-refractivity contribution in [3.8, 4) is 28.6 Å². The maximum Gasteiger partial charge on any atom is 0.262 e. The van der Waals surface area contributed by atoms with Gasteiger partial charge in [0.05, 0.1) is 19.6 Å². The Balaban J connectivity index is 1.73. The van der Waals surface area contributed by atoms with Crippen LogP contribution in [0.4, 0.5) is 5.69 Å². The average Bonchev–Trinajstić information content (AvgIpc) is 2.84. The first-order valence-corrected chi connectivity index (χ1v) is 11.1. The molecule has 1 N–H and O–H groups in total. The van der Waals surface area contributed by atoms with Gasteiger partial charge in [0.25, 0.3) is 5.91 Å². The largest absolute Gasteiger partial charge is 0.493 e. The van der Waals surface area contributed by atoms with Gasteiger partial charge in [-0.05, 0) is 68.3 Å². The molecule has 7 heteroatoms. The fourth-order valence-electron chi connectivity index (χ4n) is 3.86. The Bertz CT molecular complexity index is 1470. The Labute approximate surface area is 203 Å². The van der Waals surface area contributed by atoms with Crippen LogP contribution in [-0.2, 0) is 4.79 Å². The lowest BCUT2D eigenvalue weighted by atomic mass is 10.1. The molecule has 0 saturated carbocycles. The van der Waals surface area contributed by atoms with Gasteiger partial charge in [-0.1, -0.05) is 23.8 Å². The van der Waals surface area contributed by atoms with Gasteiger partial charge in [0.15, 0.2) is 23.9 Å². The Morgan fingerprint density at radius 3 is 2.31 bits per heavy atom. The number of benzene rings is 3. The van der Waals surface area contributed by atoms with Crippen molar-refractivity contribution in [3.63, 3.8) is 0 Å². The highest BCUT2D eigenvalue weighted by atomic mass is 16.5. The van der Waals surface area contributed by atoms with Crippen LogP contribution in [0.5, 0.6) is 17.2 Å². The summed E-state index contributed by atoms with van der Waals surface area (Å²) in [4.78, 5) is 26.1. The molecule has 4 rings (SSSR count). The molecule has 1 heterocycles. The lowest BCUT2D eigenvalue weighted by Gasteiger charge is -2.14. The summed E-state index contributed by atoms with van der Waals surface area (Å²) in [5.74, 6) is 0.761. The smallest absolute Gasteiger partial charge is 0.262 e. The Hall–Kier alpha value is -4.26. The summed E-state index contributed by atoms with van der Waals surface area (Å²) >= 11 is 0. The van der Waals surface area contributed by atoms with Crippen LogP contribution in [0.1, 0.15) is 16.7 Å². The molecular formula is C28H27NO6. The summed E-state index contributed by atoms with van der Waals surface area (Å²) in [5.41, 5.74) is 4.27. The van der Waals surface area contributed by atoms with Crippen LogP contribution in [0.25, 0.3) is 22.3 Å². The van der Waals surface area contributed by atoms with Gasteiger partial charge in [0.2, 0.25) is 11.2 Å². The van der Waals surface area contributed by atoms with Crippen LogP contribution < -0.4 is 25.0 Å². The summed E-state index contributed by atoms with van der Waals surface area (Å²) < 4.78 is 22.7. The van der Waals surface area contributed by atoms with Crippen LogP contribution in [0, 0.1) is 20.8 Å². The predicted octanol–water partition coefficient (Wildman–Crippen LogP) is 5.42. The maximum absolute atomic E-state index is 13.4. The lowest BCUT2D eigenvalue weighted by molar-refractivity contribution is -0.118. The third-order valence-electron chi connectivity index (χ3n) is 5.66. The van der Waals surface area contributed by atoms with Gasteiger partial charge in [0, 0.05) is 11.3 Å². The molecule has 180 valence electrons. The number of fused-ring (bicyclic) bond motifs is 1. The van der Waals surface area contributed by atoms with E-state index in [1.807, 2.05) is 45.0 Å². The molecule has 3 aromatic carbocycles. The van der Waals surface area contributed by atoms with Crippen LogP contribution >= 0.6 is 0 Å². The first kappa shape index (κ1) is 23.9. The Morgan fingerprint density at radius 1 is 0.886 bits per heavy atom. The van der Waals surface area contributed by atoms with E-state index in [4.69, 9.17) is 18.6 Å². The monoisotopic (exact) mass is 473 g/mol. The number of hydrogen-bond donors (Lipinski definition) is 1. The van der Waals surface area contributed by atoms with Crippen LogP contribution in [-0.4, -0.2) is 26.7 Å². The van der Waals surface area contributed by atoms with E-state index in [0.29, 0.717) is 33.7 Å². The maximum atomic E-state index is 13.4. The van der Waals surface area contributed by atoms with Crippen molar-refractivity contribution < 1.29 is 23.4 Å². The summed E-state index contributed by atoms with van der Waals surface area (Å²) in [7, 11) is 3.07. The molecule has 0 atom stereocenters. The van der Waals surface area contributed by atoms with Gasteiger partial charge in [-0.25, -0.2) is 0 Å². The third-order valence-corrected chi connectivity index (χ3v) is 5.66. The zero-order valence-corrected chi connectivity index (χ0v) is 20.4. The molecular weight excluding hydrogens is 446 g/mol. The summed E-state index contributed by atoms with van der Waals surface area (Å²) in [6, 6.07) is 16.2. The van der Waals surface area contributed by atoms with Gasteiger partial charge in [-0.3, -0.25) is 9.59 Å².